The first-order chi connectivity index (χ1) is 18.0. The Morgan fingerprint density at radius 3 is 2.59 bits per heavy atom. The largest absolute Gasteiger partial charge is 0.493 e. The minimum Gasteiger partial charge on any atom is -0.493 e. The summed E-state index contributed by atoms with van der Waals surface area (Å²) in [5.41, 5.74) is 14.5. The number of hydrogen-bond acceptors (Lipinski definition) is 11. The Labute approximate surface area is 225 Å². The molecular formula is C26H33N5O4S2. The summed E-state index contributed by atoms with van der Waals surface area (Å²) in [6, 6.07) is 8.21. The standard InChI is InChI=1S/C26H33N5O4S2/c1-3-33-20-12-17(11-18-14-29-26(28)30-25(18)27)13-21(34-4-2)24(20)22-6-5-19(37-22)16-35-23-15-31(7-9-32)8-10-36-23/h5-6,9,12-14,23H,3-4,7-8,10-11,15-16H2,1-2H3,(H4,27,28,29,30). The summed E-state index contributed by atoms with van der Waals surface area (Å²) in [5.74, 6) is 2.98. The second-order valence-corrected chi connectivity index (χ2v) is 10.9. The predicted octanol–water partition coefficient (Wildman–Crippen LogP) is 3.85. The SMILES string of the molecule is CCOc1cc(Cc2cnc(N)nc2N)cc(OCC)c1-c1ccc(COC2CN(CC=O)CCS2)s1. The Morgan fingerprint density at radius 2 is 1.92 bits per heavy atom. The molecule has 198 valence electrons. The molecule has 1 unspecified atom stereocenters. The molecule has 1 saturated heterocycles. The van der Waals surface area contributed by atoms with Gasteiger partial charge < -0.3 is 30.5 Å². The van der Waals surface area contributed by atoms with Gasteiger partial charge in [-0.3, -0.25) is 4.90 Å². The number of aldehydes is 1. The van der Waals surface area contributed by atoms with Crippen molar-refractivity contribution in [2.24, 2.45) is 0 Å². The molecule has 3 aromatic rings. The van der Waals surface area contributed by atoms with E-state index in [0.717, 1.165) is 63.1 Å². The van der Waals surface area contributed by atoms with Crippen molar-refractivity contribution in [3.05, 3.63) is 46.5 Å². The van der Waals surface area contributed by atoms with E-state index in [1.165, 1.54) is 0 Å². The van der Waals surface area contributed by atoms with Gasteiger partial charge in [0.15, 0.2) is 0 Å². The van der Waals surface area contributed by atoms with Crippen molar-refractivity contribution in [2.45, 2.75) is 32.3 Å². The Morgan fingerprint density at radius 1 is 1.16 bits per heavy atom. The second-order valence-electron chi connectivity index (χ2n) is 8.45. The maximum atomic E-state index is 10.9. The highest BCUT2D eigenvalue weighted by Crippen LogP contribution is 2.43. The summed E-state index contributed by atoms with van der Waals surface area (Å²) in [6.45, 7) is 7.62. The van der Waals surface area contributed by atoms with Gasteiger partial charge in [0.1, 0.15) is 29.0 Å². The van der Waals surface area contributed by atoms with Gasteiger partial charge in [0.25, 0.3) is 0 Å². The lowest BCUT2D eigenvalue weighted by molar-refractivity contribution is -0.109. The van der Waals surface area contributed by atoms with Gasteiger partial charge in [-0.15, -0.1) is 23.1 Å². The van der Waals surface area contributed by atoms with Crippen LogP contribution in [0.25, 0.3) is 10.4 Å². The van der Waals surface area contributed by atoms with E-state index in [9.17, 15) is 4.79 Å². The first-order valence-electron chi connectivity index (χ1n) is 12.3. The molecule has 11 heteroatoms. The smallest absolute Gasteiger partial charge is 0.221 e. The molecule has 0 radical (unpaired) electrons. The number of carbonyl (C=O) groups excluding carboxylic acids is 1. The van der Waals surface area contributed by atoms with E-state index in [1.54, 1.807) is 29.3 Å². The van der Waals surface area contributed by atoms with Crippen LogP contribution in [-0.2, 0) is 22.6 Å². The van der Waals surface area contributed by atoms with Crippen LogP contribution in [0.1, 0.15) is 29.9 Å². The van der Waals surface area contributed by atoms with Crippen LogP contribution in [0.5, 0.6) is 11.5 Å². The van der Waals surface area contributed by atoms with Gasteiger partial charge in [0.2, 0.25) is 5.95 Å². The lowest BCUT2D eigenvalue weighted by Gasteiger charge is -2.30. The number of aromatic nitrogens is 2. The quantitative estimate of drug-likeness (QED) is 0.325. The van der Waals surface area contributed by atoms with Gasteiger partial charge in [-0.1, -0.05) is 0 Å². The van der Waals surface area contributed by atoms with Gasteiger partial charge >= 0.3 is 0 Å². The number of rotatable bonds is 12. The molecule has 4 N–H and O–H groups in total. The molecule has 1 fully saturated rings. The van der Waals surface area contributed by atoms with E-state index in [2.05, 4.69) is 27.0 Å². The summed E-state index contributed by atoms with van der Waals surface area (Å²) in [5, 5.41) is 0. The first-order valence-corrected chi connectivity index (χ1v) is 14.1. The molecular weight excluding hydrogens is 510 g/mol. The molecule has 1 atom stereocenters. The molecule has 2 aromatic heterocycles. The van der Waals surface area contributed by atoms with Gasteiger partial charge in [-0.2, -0.15) is 4.98 Å². The molecule has 1 aliphatic rings. The summed E-state index contributed by atoms with van der Waals surface area (Å²) >= 11 is 3.46. The van der Waals surface area contributed by atoms with E-state index in [-0.39, 0.29) is 11.4 Å². The fraction of sp³-hybridized carbons (Fsp3) is 0.423. The number of anilines is 2. The van der Waals surface area contributed by atoms with Crippen molar-refractivity contribution < 1.29 is 19.0 Å². The number of nitrogens with two attached hydrogens (primary N) is 2. The van der Waals surface area contributed by atoms with Gasteiger partial charge in [-0.25, -0.2) is 4.98 Å². The molecule has 0 spiro atoms. The molecule has 3 heterocycles. The zero-order chi connectivity index (χ0) is 26.2. The predicted molar refractivity (Wildman–Crippen MR) is 149 cm³/mol. The van der Waals surface area contributed by atoms with Crippen molar-refractivity contribution in [2.75, 3.05) is 50.1 Å². The zero-order valence-corrected chi connectivity index (χ0v) is 22.8. The van der Waals surface area contributed by atoms with E-state index in [4.69, 9.17) is 25.7 Å². The maximum absolute atomic E-state index is 10.9. The molecule has 0 amide bonds. The number of nitrogen functional groups attached to an aromatic ring is 2. The highest BCUT2D eigenvalue weighted by molar-refractivity contribution is 7.99. The Balaban J connectivity index is 1.55. The molecule has 1 aromatic carbocycles. The number of thioether (sulfide) groups is 1. The Bertz CT molecular complexity index is 1180. The molecule has 9 nitrogen and oxygen atoms in total. The average molecular weight is 544 g/mol. The van der Waals surface area contributed by atoms with Crippen molar-refractivity contribution in [3.63, 3.8) is 0 Å². The molecule has 0 bridgehead atoms. The highest BCUT2D eigenvalue weighted by atomic mass is 32.2. The van der Waals surface area contributed by atoms with E-state index in [1.807, 2.05) is 26.0 Å². The molecule has 0 saturated carbocycles. The van der Waals surface area contributed by atoms with Crippen LogP contribution in [0.2, 0.25) is 0 Å². The topological polar surface area (TPSA) is 126 Å². The van der Waals surface area contributed by atoms with Gasteiger partial charge in [0, 0.05) is 46.8 Å². The van der Waals surface area contributed by atoms with Crippen molar-refractivity contribution in [1.82, 2.24) is 14.9 Å². The van der Waals surface area contributed by atoms with Crippen molar-refractivity contribution in [1.29, 1.82) is 0 Å². The summed E-state index contributed by atoms with van der Waals surface area (Å²) in [7, 11) is 0. The first kappa shape index (κ1) is 27.2. The molecule has 4 rings (SSSR count). The van der Waals surface area contributed by atoms with Crippen LogP contribution in [0.15, 0.2) is 30.5 Å². The summed E-state index contributed by atoms with van der Waals surface area (Å²) in [4.78, 5) is 23.3. The fourth-order valence-corrected chi connectivity index (χ4v) is 6.22. The van der Waals surface area contributed by atoms with E-state index in [0.29, 0.717) is 38.6 Å². The van der Waals surface area contributed by atoms with Crippen LogP contribution in [0, 0.1) is 0 Å². The number of hydrogen-bond donors (Lipinski definition) is 2. The highest BCUT2D eigenvalue weighted by Gasteiger charge is 2.22. The molecule has 37 heavy (non-hydrogen) atoms. The fourth-order valence-electron chi connectivity index (χ4n) is 4.12. The zero-order valence-electron chi connectivity index (χ0n) is 21.1. The summed E-state index contributed by atoms with van der Waals surface area (Å²) in [6.07, 6.45) is 3.13. The minimum absolute atomic E-state index is 0.0567. The lowest BCUT2D eigenvalue weighted by Crippen LogP contribution is -2.39. The Kier molecular flexibility index (Phi) is 9.62. The molecule has 1 aliphatic heterocycles. The normalized spacial score (nSPS) is 16.0. The van der Waals surface area contributed by atoms with Crippen LogP contribution >= 0.6 is 23.1 Å². The number of benzene rings is 1. The number of ether oxygens (including phenoxy) is 3. The average Bonchev–Trinajstić information content (AvgIpc) is 3.34. The summed E-state index contributed by atoms with van der Waals surface area (Å²) < 4.78 is 18.3. The van der Waals surface area contributed by atoms with Gasteiger partial charge in [0.05, 0.1) is 31.9 Å². The van der Waals surface area contributed by atoms with Crippen LogP contribution in [-0.4, -0.2) is 65.2 Å². The van der Waals surface area contributed by atoms with Gasteiger partial charge in [-0.05, 0) is 43.7 Å². The number of nitrogens with zero attached hydrogens (tertiary/aromatic N) is 3. The third-order valence-electron chi connectivity index (χ3n) is 5.81. The molecule has 0 aliphatic carbocycles. The lowest BCUT2D eigenvalue weighted by atomic mass is 10.0. The van der Waals surface area contributed by atoms with Crippen molar-refractivity contribution in [3.8, 4) is 21.9 Å². The third-order valence-corrected chi connectivity index (χ3v) is 7.96. The van der Waals surface area contributed by atoms with Crippen molar-refractivity contribution >= 4 is 41.2 Å². The van der Waals surface area contributed by atoms with Crippen LogP contribution in [0.3, 0.4) is 0 Å². The van der Waals surface area contributed by atoms with E-state index < -0.39 is 0 Å². The van der Waals surface area contributed by atoms with Crippen LogP contribution in [0.4, 0.5) is 11.8 Å². The minimum atomic E-state index is 0.0567. The third kappa shape index (κ3) is 7.13. The number of thiophene rings is 1. The second kappa shape index (κ2) is 13.1. The monoisotopic (exact) mass is 543 g/mol. The Hall–Kier alpha value is -2.86. The maximum Gasteiger partial charge on any atom is 0.221 e. The number of carbonyl (C=O) groups is 1. The van der Waals surface area contributed by atoms with Crippen LogP contribution < -0.4 is 20.9 Å². The van der Waals surface area contributed by atoms with E-state index >= 15 is 0 Å².